The van der Waals surface area contributed by atoms with Crippen LogP contribution in [0.5, 0.6) is 0 Å². The first-order valence-corrected chi connectivity index (χ1v) is 11.7. The molecule has 4 aromatic rings. The van der Waals surface area contributed by atoms with E-state index in [0.29, 0.717) is 11.4 Å². The summed E-state index contributed by atoms with van der Waals surface area (Å²) in [6.07, 6.45) is 5.07. The number of fused-ring (bicyclic) bond motifs is 1. The van der Waals surface area contributed by atoms with Gasteiger partial charge in [0.2, 0.25) is 0 Å². The molecule has 0 saturated heterocycles. The molecule has 6 nitrogen and oxygen atoms in total. The molecule has 0 N–H and O–H groups in total. The SMILES string of the molecule is O=C(C=Cc1nccs1)OCC(=O)N1N=C(c2ccc3ccccc3c2)CC1c1ccccc1. The predicted molar refractivity (Wildman–Crippen MR) is 133 cm³/mol. The van der Waals surface area contributed by atoms with Gasteiger partial charge in [-0.25, -0.2) is 14.8 Å². The molecule has 1 atom stereocenters. The van der Waals surface area contributed by atoms with Gasteiger partial charge in [0, 0.05) is 24.1 Å². The van der Waals surface area contributed by atoms with Crippen molar-refractivity contribution >= 4 is 45.8 Å². The van der Waals surface area contributed by atoms with Gasteiger partial charge < -0.3 is 4.74 Å². The molecule has 0 aliphatic carbocycles. The lowest BCUT2D eigenvalue weighted by Gasteiger charge is -2.21. The molecule has 0 fully saturated rings. The highest BCUT2D eigenvalue weighted by Crippen LogP contribution is 2.33. The minimum absolute atomic E-state index is 0.264. The number of thiazole rings is 1. The van der Waals surface area contributed by atoms with Gasteiger partial charge in [0.05, 0.1) is 11.8 Å². The lowest BCUT2D eigenvalue weighted by atomic mass is 9.97. The summed E-state index contributed by atoms with van der Waals surface area (Å²) in [5.41, 5.74) is 2.77. The smallest absolute Gasteiger partial charge is 0.331 e. The Bertz CT molecular complexity index is 1380. The first kappa shape index (κ1) is 21.7. The van der Waals surface area contributed by atoms with Crippen molar-refractivity contribution in [2.45, 2.75) is 12.5 Å². The number of aromatic nitrogens is 1. The lowest BCUT2D eigenvalue weighted by molar-refractivity contribution is -0.149. The molecule has 168 valence electrons. The molecule has 0 saturated carbocycles. The molecule has 34 heavy (non-hydrogen) atoms. The third kappa shape index (κ3) is 4.79. The Hall–Kier alpha value is -4.10. The highest BCUT2D eigenvalue weighted by molar-refractivity contribution is 7.10. The van der Waals surface area contributed by atoms with Crippen LogP contribution < -0.4 is 0 Å². The standard InChI is InChI=1S/C27H21N3O3S/c31-26(18-33-27(32)13-12-25-28-14-15-34-25)30-24(20-7-2-1-3-8-20)17-23(29-30)22-11-10-19-6-4-5-9-21(19)16-22/h1-16,24H,17-18H2. The van der Waals surface area contributed by atoms with Gasteiger partial charge in [0.15, 0.2) is 6.61 Å². The van der Waals surface area contributed by atoms with Gasteiger partial charge in [-0.2, -0.15) is 5.10 Å². The highest BCUT2D eigenvalue weighted by Gasteiger charge is 2.33. The van der Waals surface area contributed by atoms with Gasteiger partial charge in [-0.15, -0.1) is 11.3 Å². The number of nitrogens with zero attached hydrogens (tertiary/aromatic N) is 3. The van der Waals surface area contributed by atoms with E-state index in [1.807, 2.05) is 53.9 Å². The average Bonchev–Trinajstić information content (AvgIpc) is 3.57. The molecule has 0 bridgehead atoms. The Kier molecular flexibility index (Phi) is 6.27. The summed E-state index contributed by atoms with van der Waals surface area (Å²) in [5, 5.41) is 10.9. The van der Waals surface area contributed by atoms with Crippen LogP contribution in [0.15, 0.2) is 95.6 Å². The molecule has 0 radical (unpaired) electrons. The van der Waals surface area contributed by atoms with Crippen LogP contribution in [-0.2, 0) is 14.3 Å². The largest absolute Gasteiger partial charge is 0.452 e. The Morgan fingerprint density at radius 1 is 1.03 bits per heavy atom. The molecule has 5 rings (SSSR count). The summed E-state index contributed by atoms with van der Waals surface area (Å²) < 4.78 is 5.19. The summed E-state index contributed by atoms with van der Waals surface area (Å²) in [5.74, 6) is -0.974. The number of rotatable bonds is 6. The quantitative estimate of drug-likeness (QED) is 0.288. The van der Waals surface area contributed by atoms with Crippen LogP contribution in [0.25, 0.3) is 16.8 Å². The first-order valence-electron chi connectivity index (χ1n) is 10.9. The first-order chi connectivity index (χ1) is 16.7. The number of benzene rings is 3. The predicted octanol–water partition coefficient (Wildman–Crippen LogP) is 5.23. The third-order valence-corrected chi connectivity index (χ3v) is 6.33. The number of hydrogen-bond donors (Lipinski definition) is 0. The number of hydrazone groups is 1. The van der Waals surface area contributed by atoms with E-state index in [1.54, 1.807) is 12.3 Å². The highest BCUT2D eigenvalue weighted by atomic mass is 32.1. The van der Waals surface area contributed by atoms with Crippen LogP contribution >= 0.6 is 11.3 Å². The number of carbonyl (C=O) groups is 2. The van der Waals surface area contributed by atoms with Crippen molar-refractivity contribution < 1.29 is 14.3 Å². The van der Waals surface area contributed by atoms with Gasteiger partial charge in [-0.05, 0) is 34.0 Å². The summed E-state index contributed by atoms with van der Waals surface area (Å²) in [6.45, 7) is -0.390. The number of amides is 1. The zero-order valence-electron chi connectivity index (χ0n) is 18.2. The molecule has 7 heteroatoms. The topological polar surface area (TPSA) is 71.9 Å². The number of hydrogen-bond acceptors (Lipinski definition) is 6. The van der Waals surface area contributed by atoms with E-state index in [-0.39, 0.29) is 11.9 Å². The lowest BCUT2D eigenvalue weighted by Crippen LogP contribution is -2.31. The molecule has 1 aromatic heterocycles. The van der Waals surface area contributed by atoms with Crippen molar-refractivity contribution in [3.8, 4) is 0 Å². The summed E-state index contributed by atoms with van der Waals surface area (Å²) >= 11 is 1.41. The molecule has 1 aliphatic heterocycles. The zero-order chi connectivity index (χ0) is 23.3. The van der Waals surface area contributed by atoms with Crippen molar-refractivity contribution in [2.75, 3.05) is 6.61 Å². The van der Waals surface area contributed by atoms with Crippen molar-refractivity contribution in [1.82, 2.24) is 9.99 Å². The maximum absolute atomic E-state index is 13.1. The van der Waals surface area contributed by atoms with E-state index in [2.05, 4.69) is 34.4 Å². The van der Waals surface area contributed by atoms with Crippen LogP contribution in [0, 0.1) is 0 Å². The summed E-state index contributed by atoms with van der Waals surface area (Å²) in [4.78, 5) is 29.2. The molecule has 2 heterocycles. The molecule has 1 amide bonds. The van der Waals surface area contributed by atoms with E-state index < -0.39 is 12.6 Å². The van der Waals surface area contributed by atoms with E-state index in [9.17, 15) is 9.59 Å². The van der Waals surface area contributed by atoms with Crippen molar-refractivity contribution in [3.63, 3.8) is 0 Å². The van der Waals surface area contributed by atoms with Crippen LogP contribution in [0.2, 0.25) is 0 Å². The van der Waals surface area contributed by atoms with Crippen LogP contribution in [0.3, 0.4) is 0 Å². The number of carbonyl (C=O) groups excluding carboxylic acids is 2. The van der Waals surface area contributed by atoms with Crippen molar-refractivity contribution in [2.24, 2.45) is 5.10 Å². The second kappa shape index (κ2) is 9.80. The van der Waals surface area contributed by atoms with Gasteiger partial charge in [0.25, 0.3) is 5.91 Å². The monoisotopic (exact) mass is 467 g/mol. The van der Waals surface area contributed by atoms with Crippen molar-refractivity contribution in [3.05, 3.63) is 107 Å². The second-order valence-electron chi connectivity index (χ2n) is 7.79. The van der Waals surface area contributed by atoms with E-state index in [1.165, 1.54) is 22.4 Å². The normalized spacial score (nSPS) is 15.6. The Labute approximate surface area is 200 Å². The molecule has 3 aromatic carbocycles. The van der Waals surface area contributed by atoms with Crippen LogP contribution in [0.1, 0.15) is 28.6 Å². The summed E-state index contributed by atoms with van der Waals surface area (Å²) in [6, 6.07) is 23.8. The zero-order valence-corrected chi connectivity index (χ0v) is 19.0. The fraction of sp³-hybridized carbons (Fsp3) is 0.111. The van der Waals surface area contributed by atoms with E-state index in [4.69, 9.17) is 4.74 Å². The van der Waals surface area contributed by atoms with Gasteiger partial charge >= 0.3 is 5.97 Å². The van der Waals surface area contributed by atoms with Crippen LogP contribution in [0.4, 0.5) is 0 Å². The van der Waals surface area contributed by atoms with Gasteiger partial charge in [-0.1, -0.05) is 66.7 Å². The maximum atomic E-state index is 13.1. The number of ether oxygens (including phenoxy) is 1. The minimum Gasteiger partial charge on any atom is -0.452 e. The summed E-state index contributed by atoms with van der Waals surface area (Å²) in [7, 11) is 0. The maximum Gasteiger partial charge on any atom is 0.331 e. The second-order valence-corrected chi connectivity index (χ2v) is 8.72. The van der Waals surface area contributed by atoms with Gasteiger partial charge in [-0.3, -0.25) is 4.79 Å². The third-order valence-electron chi connectivity index (χ3n) is 5.58. The Balaban J connectivity index is 1.35. The Morgan fingerprint density at radius 2 is 1.82 bits per heavy atom. The molecular formula is C27H21N3O3S. The average molecular weight is 468 g/mol. The van der Waals surface area contributed by atoms with Crippen LogP contribution in [-0.4, -0.2) is 34.2 Å². The van der Waals surface area contributed by atoms with E-state index in [0.717, 1.165) is 27.6 Å². The minimum atomic E-state index is -0.599. The van der Waals surface area contributed by atoms with Gasteiger partial charge in [0.1, 0.15) is 5.01 Å². The molecule has 1 unspecified atom stereocenters. The number of esters is 1. The fourth-order valence-electron chi connectivity index (χ4n) is 3.92. The van der Waals surface area contributed by atoms with E-state index >= 15 is 0 Å². The Morgan fingerprint density at radius 3 is 2.62 bits per heavy atom. The molecule has 1 aliphatic rings. The molecule has 0 spiro atoms. The van der Waals surface area contributed by atoms with Crippen molar-refractivity contribution in [1.29, 1.82) is 0 Å². The molecular weight excluding hydrogens is 446 g/mol. The fourth-order valence-corrected chi connectivity index (χ4v) is 4.45.